The van der Waals surface area contributed by atoms with Crippen LogP contribution in [0.3, 0.4) is 0 Å². The standard InChI is InChI=1S/C13H17N3O3S/c1-9-8-20-5-4-16(9)13(19)15-11-3-2-10(14-7-11)6-12(17)18/h2-3,7,9H,4-6,8H2,1H3,(H,15,19)(H,17,18). The van der Waals surface area contributed by atoms with Gasteiger partial charge in [0.1, 0.15) is 0 Å². The van der Waals surface area contributed by atoms with E-state index in [1.165, 1.54) is 6.20 Å². The smallest absolute Gasteiger partial charge is 0.322 e. The molecule has 1 aliphatic heterocycles. The summed E-state index contributed by atoms with van der Waals surface area (Å²) in [6.45, 7) is 2.77. The van der Waals surface area contributed by atoms with Gasteiger partial charge in [0.15, 0.2) is 0 Å². The summed E-state index contributed by atoms with van der Waals surface area (Å²) in [5, 5.41) is 11.5. The van der Waals surface area contributed by atoms with Gasteiger partial charge in [0.25, 0.3) is 0 Å². The number of carbonyl (C=O) groups excluding carboxylic acids is 1. The van der Waals surface area contributed by atoms with Crippen molar-refractivity contribution in [2.75, 3.05) is 23.4 Å². The summed E-state index contributed by atoms with van der Waals surface area (Å²) >= 11 is 1.85. The molecule has 1 saturated heterocycles. The van der Waals surface area contributed by atoms with Crippen LogP contribution >= 0.6 is 11.8 Å². The predicted molar refractivity (Wildman–Crippen MR) is 78.1 cm³/mol. The zero-order chi connectivity index (χ0) is 14.5. The summed E-state index contributed by atoms with van der Waals surface area (Å²) in [6, 6.07) is 3.37. The number of anilines is 1. The van der Waals surface area contributed by atoms with E-state index < -0.39 is 5.97 Å². The molecule has 1 aliphatic rings. The summed E-state index contributed by atoms with van der Waals surface area (Å²) in [4.78, 5) is 28.5. The molecule has 7 heteroatoms. The molecule has 1 fully saturated rings. The van der Waals surface area contributed by atoms with E-state index in [0.29, 0.717) is 11.4 Å². The zero-order valence-electron chi connectivity index (χ0n) is 11.2. The molecule has 6 nitrogen and oxygen atoms in total. The van der Waals surface area contributed by atoms with Crippen LogP contribution in [0.2, 0.25) is 0 Å². The van der Waals surface area contributed by atoms with Crippen LogP contribution in [0.4, 0.5) is 10.5 Å². The lowest BCUT2D eigenvalue weighted by Crippen LogP contribution is -2.46. The molecule has 2 amide bonds. The van der Waals surface area contributed by atoms with Crippen LogP contribution in [0.25, 0.3) is 0 Å². The number of carboxylic acid groups (broad SMARTS) is 1. The summed E-state index contributed by atoms with van der Waals surface area (Å²) in [7, 11) is 0. The Kier molecular flexibility index (Phi) is 4.84. The van der Waals surface area contributed by atoms with Gasteiger partial charge >= 0.3 is 12.0 Å². The van der Waals surface area contributed by atoms with Crippen LogP contribution in [0, 0.1) is 0 Å². The highest BCUT2D eigenvalue weighted by molar-refractivity contribution is 7.99. The number of aliphatic carboxylic acids is 1. The van der Waals surface area contributed by atoms with Crippen molar-refractivity contribution in [2.45, 2.75) is 19.4 Å². The molecule has 2 N–H and O–H groups in total. The Balaban J connectivity index is 1.95. The first-order chi connectivity index (χ1) is 9.56. The fraction of sp³-hybridized carbons (Fsp3) is 0.462. The van der Waals surface area contributed by atoms with E-state index in [1.54, 1.807) is 12.1 Å². The molecule has 1 unspecified atom stereocenters. The van der Waals surface area contributed by atoms with E-state index >= 15 is 0 Å². The second kappa shape index (κ2) is 6.60. The van der Waals surface area contributed by atoms with E-state index in [0.717, 1.165) is 18.1 Å². The number of thioether (sulfide) groups is 1. The van der Waals surface area contributed by atoms with Gasteiger partial charge < -0.3 is 15.3 Å². The Labute approximate surface area is 121 Å². The number of carbonyl (C=O) groups is 2. The van der Waals surface area contributed by atoms with E-state index in [9.17, 15) is 9.59 Å². The number of hydrogen-bond acceptors (Lipinski definition) is 4. The minimum Gasteiger partial charge on any atom is -0.481 e. The molecule has 0 bridgehead atoms. The largest absolute Gasteiger partial charge is 0.481 e. The van der Waals surface area contributed by atoms with Gasteiger partial charge in [-0.25, -0.2) is 4.79 Å². The molecule has 108 valence electrons. The van der Waals surface area contributed by atoms with E-state index in [-0.39, 0.29) is 18.5 Å². The molecular formula is C13H17N3O3S. The predicted octanol–water partition coefficient (Wildman–Crippen LogP) is 1.68. The quantitative estimate of drug-likeness (QED) is 0.886. The summed E-state index contributed by atoms with van der Waals surface area (Å²) in [5.41, 5.74) is 1.05. The maximum Gasteiger partial charge on any atom is 0.322 e. The van der Waals surface area contributed by atoms with Crippen LogP contribution in [-0.2, 0) is 11.2 Å². The van der Waals surface area contributed by atoms with Gasteiger partial charge in [-0.1, -0.05) is 0 Å². The summed E-state index contributed by atoms with van der Waals surface area (Å²) < 4.78 is 0. The SMILES string of the molecule is CC1CSCCN1C(=O)Nc1ccc(CC(=O)O)nc1. The Morgan fingerprint density at radius 2 is 2.35 bits per heavy atom. The van der Waals surface area contributed by atoms with Crippen molar-refractivity contribution in [3.05, 3.63) is 24.0 Å². The van der Waals surface area contributed by atoms with Crippen molar-refractivity contribution in [3.8, 4) is 0 Å². The number of nitrogens with one attached hydrogen (secondary N) is 1. The van der Waals surface area contributed by atoms with Crippen LogP contribution < -0.4 is 5.32 Å². The topological polar surface area (TPSA) is 82.5 Å². The lowest BCUT2D eigenvalue weighted by molar-refractivity contribution is -0.136. The number of amides is 2. The molecule has 0 aromatic carbocycles. The van der Waals surface area contributed by atoms with E-state index in [1.807, 2.05) is 23.6 Å². The van der Waals surface area contributed by atoms with Crippen molar-refractivity contribution in [1.29, 1.82) is 0 Å². The average Bonchev–Trinajstić information content (AvgIpc) is 2.41. The van der Waals surface area contributed by atoms with Crippen LogP contribution in [0.1, 0.15) is 12.6 Å². The molecule has 0 radical (unpaired) electrons. The minimum absolute atomic E-state index is 0.116. The molecule has 20 heavy (non-hydrogen) atoms. The van der Waals surface area contributed by atoms with Crippen molar-refractivity contribution in [1.82, 2.24) is 9.88 Å². The number of urea groups is 1. The normalized spacial score (nSPS) is 18.6. The molecule has 0 spiro atoms. The number of nitrogens with zero attached hydrogens (tertiary/aromatic N) is 2. The van der Waals surface area contributed by atoms with Crippen molar-refractivity contribution >= 4 is 29.4 Å². The third-order valence-corrected chi connectivity index (χ3v) is 4.23. The fourth-order valence-corrected chi connectivity index (χ4v) is 3.00. The molecule has 1 aromatic heterocycles. The van der Waals surface area contributed by atoms with Crippen LogP contribution in [-0.4, -0.2) is 51.1 Å². The third-order valence-electron chi connectivity index (χ3n) is 3.04. The second-order valence-electron chi connectivity index (χ2n) is 4.66. The van der Waals surface area contributed by atoms with Crippen LogP contribution in [0.5, 0.6) is 0 Å². The monoisotopic (exact) mass is 295 g/mol. The third kappa shape index (κ3) is 3.86. The van der Waals surface area contributed by atoms with Gasteiger partial charge in [-0.15, -0.1) is 0 Å². The van der Waals surface area contributed by atoms with Crippen molar-refractivity contribution in [2.24, 2.45) is 0 Å². The molecular weight excluding hydrogens is 278 g/mol. The minimum atomic E-state index is -0.922. The highest BCUT2D eigenvalue weighted by Crippen LogP contribution is 2.17. The van der Waals surface area contributed by atoms with E-state index in [2.05, 4.69) is 10.3 Å². The first-order valence-electron chi connectivity index (χ1n) is 6.38. The Bertz CT molecular complexity index is 492. The summed E-state index contributed by atoms with van der Waals surface area (Å²) in [6.07, 6.45) is 1.37. The van der Waals surface area contributed by atoms with Gasteiger partial charge in [-0.05, 0) is 19.1 Å². The Morgan fingerprint density at radius 3 is 2.95 bits per heavy atom. The maximum atomic E-state index is 12.1. The Hall–Kier alpha value is -1.76. The second-order valence-corrected chi connectivity index (χ2v) is 5.81. The molecule has 1 atom stereocenters. The van der Waals surface area contributed by atoms with E-state index in [4.69, 9.17) is 5.11 Å². The van der Waals surface area contributed by atoms with Gasteiger partial charge in [0.05, 0.1) is 24.0 Å². The zero-order valence-corrected chi connectivity index (χ0v) is 12.0. The van der Waals surface area contributed by atoms with Gasteiger partial charge in [0, 0.05) is 24.1 Å². The summed E-state index contributed by atoms with van der Waals surface area (Å²) in [5.74, 6) is 0.977. The first-order valence-corrected chi connectivity index (χ1v) is 7.54. The van der Waals surface area contributed by atoms with Gasteiger partial charge in [-0.3, -0.25) is 9.78 Å². The number of hydrogen-bond donors (Lipinski definition) is 2. The molecule has 2 rings (SSSR count). The highest BCUT2D eigenvalue weighted by atomic mass is 32.2. The maximum absolute atomic E-state index is 12.1. The van der Waals surface area contributed by atoms with Crippen molar-refractivity contribution in [3.63, 3.8) is 0 Å². The molecule has 0 saturated carbocycles. The molecule has 2 heterocycles. The number of carboxylic acids is 1. The van der Waals surface area contributed by atoms with Gasteiger partial charge in [0.2, 0.25) is 0 Å². The van der Waals surface area contributed by atoms with Crippen molar-refractivity contribution < 1.29 is 14.7 Å². The Morgan fingerprint density at radius 1 is 1.55 bits per heavy atom. The lowest BCUT2D eigenvalue weighted by atomic mass is 10.2. The van der Waals surface area contributed by atoms with Crippen LogP contribution in [0.15, 0.2) is 18.3 Å². The first kappa shape index (κ1) is 14.6. The number of pyridine rings is 1. The molecule has 0 aliphatic carbocycles. The fourth-order valence-electron chi connectivity index (χ4n) is 1.98. The molecule has 1 aromatic rings. The average molecular weight is 295 g/mol. The van der Waals surface area contributed by atoms with Gasteiger partial charge in [-0.2, -0.15) is 11.8 Å². The number of rotatable bonds is 3. The number of aromatic nitrogens is 1. The highest BCUT2D eigenvalue weighted by Gasteiger charge is 2.23. The lowest BCUT2D eigenvalue weighted by Gasteiger charge is -2.32.